The Kier molecular flexibility index (Phi) is 7.54. The van der Waals surface area contributed by atoms with Crippen molar-refractivity contribution < 1.29 is 37.4 Å². The van der Waals surface area contributed by atoms with Crippen LogP contribution in [0.25, 0.3) is 0 Å². The number of carbonyl (C=O) groups excluding carboxylic acids is 2. The first-order valence-corrected chi connectivity index (χ1v) is 10.3. The summed E-state index contributed by atoms with van der Waals surface area (Å²) >= 11 is 0. The lowest BCUT2D eigenvalue weighted by atomic mass is 10.1. The van der Waals surface area contributed by atoms with Crippen molar-refractivity contribution in [3.8, 4) is 5.75 Å². The van der Waals surface area contributed by atoms with E-state index in [1.54, 1.807) is 0 Å². The fourth-order valence-corrected chi connectivity index (χ4v) is 3.43. The molecule has 0 bridgehead atoms. The summed E-state index contributed by atoms with van der Waals surface area (Å²) < 4.78 is 45.1. The first-order chi connectivity index (χ1) is 16.0. The van der Waals surface area contributed by atoms with Crippen molar-refractivity contribution in [3.63, 3.8) is 0 Å². The van der Waals surface area contributed by atoms with E-state index in [0.29, 0.717) is 31.7 Å². The second-order valence-corrected chi connectivity index (χ2v) is 7.61. The fourth-order valence-electron chi connectivity index (χ4n) is 3.43. The van der Waals surface area contributed by atoms with E-state index in [1.807, 2.05) is 4.90 Å². The lowest BCUT2D eigenvalue weighted by Gasteiger charge is -2.33. The quantitative estimate of drug-likeness (QED) is 0.515. The SMILES string of the molecule is NC(=O)CC(NC(=O)c1ccc(N2CCC(Oc3ccccc3C(F)(F)F)CC2)nn1)C(=O)O. The molecule has 1 aromatic carbocycles. The zero-order valence-corrected chi connectivity index (χ0v) is 17.8. The molecule has 1 unspecified atom stereocenters. The zero-order chi connectivity index (χ0) is 24.9. The number of primary amides is 1. The standard InChI is InChI=1S/C21H22F3N5O5/c22-21(23,24)13-3-1-2-4-16(13)34-12-7-9-29(10-8-12)18-6-5-14(27-28-18)19(31)26-15(20(32)33)11-17(25)30/h1-6,12,15H,7-11H2,(H2,25,30)(H,26,31)(H,32,33). The lowest BCUT2D eigenvalue weighted by Crippen LogP contribution is -2.43. The van der Waals surface area contributed by atoms with Gasteiger partial charge in [-0.15, -0.1) is 10.2 Å². The summed E-state index contributed by atoms with van der Waals surface area (Å²) in [6, 6.07) is 6.44. The minimum Gasteiger partial charge on any atom is -0.490 e. The highest BCUT2D eigenvalue weighted by Crippen LogP contribution is 2.37. The van der Waals surface area contributed by atoms with Crippen LogP contribution in [-0.2, 0) is 15.8 Å². The molecule has 34 heavy (non-hydrogen) atoms. The molecule has 1 aliphatic rings. The van der Waals surface area contributed by atoms with Gasteiger partial charge in [0.15, 0.2) is 11.5 Å². The second kappa shape index (κ2) is 10.4. The predicted molar refractivity (Wildman–Crippen MR) is 112 cm³/mol. The number of nitrogens with one attached hydrogen (secondary N) is 1. The van der Waals surface area contributed by atoms with Gasteiger partial charge in [-0.25, -0.2) is 4.79 Å². The van der Waals surface area contributed by atoms with Crippen molar-refractivity contribution in [2.24, 2.45) is 5.73 Å². The Labute approximate surface area is 191 Å². The maximum atomic E-state index is 13.2. The Hall–Kier alpha value is -3.90. The van der Waals surface area contributed by atoms with Gasteiger partial charge in [0.1, 0.15) is 17.9 Å². The minimum atomic E-state index is -4.51. The van der Waals surface area contributed by atoms with Gasteiger partial charge in [-0.2, -0.15) is 13.2 Å². The Balaban J connectivity index is 1.57. The molecule has 0 saturated carbocycles. The summed E-state index contributed by atoms with van der Waals surface area (Å²) in [6.07, 6.45) is -4.59. The van der Waals surface area contributed by atoms with E-state index in [-0.39, 0.29) is 11.4 Å². The molecule has 1 aromatic heterocycles. The second-order valence-electron chi connectivity index (χ2n) is 7.61. The number of ether oxygens (including phenoxy) is 1. The number of piperidine rings is 1. The van der Waals surface area contributed by atoms with E-state index < -0.39 is 48.1 Å². The van der Waals surface area contributed by atoms with Crippen LogP contribution in [0.1, 0.15) is 35.3 Å². The van der Waals surface area contributed by atoms with Gasteiger partial charge < -0.3 is 25.8 Å². The van der Waals surface area contributed by atoms with E-state index >= 15 is 0 Å². The molecule has 1 fully saturated rings. The van der Waals surface area contributed by atoms with Crippen LogP contribution in [-0.4, -0.2) is 58.3 Å². The molecule has 2 aromatic rings. The number of aliphatic carboxylic acids is 1. The van der Waals surface area contributed by atoms with Gasteiger partial charge in [0.25, 0.3) is 5.91 Å². The maximum Gasteiger partial charge on any atom is 0.419 e. The molecule has 2 amide bonds. The van der Waals surface area contributed by atoms with Gasteiger partial charge in [-0.1, -0.05) is 12.1 Å². The van der Waals surface area contributed by atoms with Gasteiger partial charge in [0.05, 0.1) is 12.0 Å². The zero-order valence-electron chi connectivity index (χ0n) is 17.8. The summed E-state index contributed by atoms with van der Waals surface area (Å²) in [4.78, 5) is 36.1. The topological polar surface area (TPSA) is 148 Å². The number of carboxylic acid groups (broad SMARTS) is 1. The van der Waals surface area contributed by atoms with Crippen LogP contribution < -0.4 is 20.7 Å². The van der Waals surface area contributed by atoms with E-state index in [9.17, 15) is 27.6 Å². The number of aromatic nitrogens is 2. The summed E-state index contributed by atoms with van der Waals surface area (Å²) in [6.45, 7) is 0.886. The number of halogens is 3. The molecule has 0 aliphatic carbocycles. The molecule has 10 nitrogen and oxygen atoms in total. The molecule has 182 valence electrons. The van der Waals surface area contributed by atoms with Crippen molar-refractivity contribution in [3.05, 3.63) is 47.7 Å². The number of para-hydroxylation sites is 1. The fraction of sp³-hybridized carbons (Fsp3) is 0.381. The normalized spacial score (nSPS) is 15.4. The highest BCUT2D eigenvalue weighted by molar-refractivity contribution is 5.96. The number of carbonyl (C=O) groups is 3. The van der Waals surface area contributed by atoms with Gasteiger partial charge in [-0.3, -0.25) is 9.59 Å². The maximum absolute atomic E-state index is 13.2. The largest absolute Gasteiger partial charge is 0.490 e. The minimum absolute atomic E-state index is 0.151. The number of hydrogen-bond acceptors (Lipinski definition) is 7. The molecule has 3 rings (SSSR count). The van der Waals surface area contributed by atoms with Gasteiger partial charge >= 0.3 is 12.1 Å². The van der Waals surface area contributed by atoms with Crippen molar-refractivity contribution in [1.82, 2.24) is 15.5 Å². The Morgan fingerprint density at radius 2 is 1.82 bits per heavy atom. The third-order valence-corrected chi connectivity index (χ3v) is 5.14. The number of nitrogens with zero attached hydrogens (tertiary/aromatic N) is 3. The molecule has 13 heteroatoms. The molecular weight excluding hydrogens is 459 g/mol. The van der Waals surface area contributed by atoms with E-state index in [4.69, 9.17) is 15.6 Å². The smallest absolute Gasteiger partial charge is 0.419 e. The van der Waals surface area contributed by atoms with E-state index in [0.717, 1.165) is 6.07 Å². The molecule has 0 radical (unpaired) electrons. The number of alkyl halides is 3. The van der Waals surface area contributed by atoms with Crippen LogP contribution in [0.5, 0.6) is 5.75 Å². The van der Waals surface area contributed by atoms with Gasteiger partial charge in [0, 0.05) is 25.9 Å². The third-order valence-electron chi connectivity index (χ3n) is 5.14. The monoisotopic (exact) mass is 481 g/mol. The molecule has 2 heterocycles. The Bertz CT molecular complexity index is 1040. The van der Waals surface area contributed by atoms with E-state index in [2.05, 4.69) is 15.5 Å². The average Bonchev–Trinajstić information content (AvgIpc) is 2.78. The number of amides is 2. The summed E-state index contributed by atoms with van der Waals surface area (Å²) in [5.74, 6) is -2.90. The van der Waals surface area contributed by atoms with Gasteiger partial charge in [0.2, 0.25) is 5.91 Å². The summed E-state index contributed by atoms with van der Waals surface area (Å²) in [7, 11) is 0. The molecule has 1 atom stereocenters. The van der Waals surface area contributed by atoms with Crippen molar-refractivity contribution in [1.29, 1.82) is 0 Å². The van der Waals surface area contributed by atoms with Gasteiger partial charge in [-0.05, 0) is 24.3 Å². The summed E-state index contributed by atoms with van der Waals surface area (Å²) in [5, 5.41) is 19.0. The molecule has 4 N–H and O–H groups in total. The van der Waals surface area contributed by atoms with E-state index in [1.165, 1.54) is 30.3 Å². The lowest BCUT2D eigenvalue weighted by molar-refractivity contribution is -0.141. The highest BCUT2D eigenvalue weighted by atomic mass is 19.4. The Morgan fingerprint density at radius 1 is 1.15 bits per heavy atom. The average molecular weight is 481 g/mol. The van der Waals surface area contributed by atoms with Crippen molar-refractivity contribution in [2.45, 2.75) is 37.6 Å². The van der Waals surface area contributed by atoms with Crippen LogP contribution in [0.4, 0.5) is 19.0 Å². The molecule has 0 spiro atoms. The molecule has 1 aliphatic heterocycles. The molecular formula is C21H22F3N5O5. The van der Waals surface area contributed by atoms with Crippen LogP contribution in [0, 0.1) is 0 Å². The molecule has 1 saturated heterocycles. The predicted octanol–water partition coefficient (Wildman–Crippen LogP) is 1.60. The van der Waals surface area contributed by atoms with Crippen LogP contribution in [0.3, 0.4) is 0 Å². The first kappa shape index (κ1) is 24.7. The third kappa shape index (κ3) is 6.33. The number of rotatable bonds is 8. The number of hydrogen-bond donors (Lipinski definition) is 3. The number of benzene rings is 1. The number of carboxylic acids is 1. The van der Waals surface area contributed by atoms with Crippen LogP contribution in [0.2, 0.25) is 0 Å². The highest BCUT2D eigenvalue weighted by Gasteiger charge is 2.35. The van der Waals surface area contributed by atoms with Crippen LogP contribution >= 0.6 is 0 Å². The number of nitrogens with two attached hydrogens (primary N) is 1. The Morgan fingerprint density at radius 3 is 2.38 bits per heavy atom. The van der Waals surface area contributed by atoms with Crippen molar-refractivity contribution in [2.75, 3.05) is 18.0 Å². The summed E-state index contributed by atoms with van der Waals surface area (Å²) in [5.41, 5.74) is 4.01. The van der Waals surface area contributed by atoms with Crippen molar-refractivity contribution >= 4 is 23.6 Å². The number of anilines is 1. The first-order valence-electron chi connectivity index (χ1n) is 10.3. The van der Waals surface area contributed by atoms with Crippen LogP contribution in [0.15, 0.2) is 36.4 Å².